The third-order valence-corrected chi connectivity index (χ3v) is 3.55. The van der Waals surface area contributed by atoms with Crippen molar-refractivity contribution in [2.45, 2.75) is 26.9 Å². The Bertz CT molecular complexity index is 759. The van der Waals surface area contributed by atoms with Gasteiger partial charge >= 0.3 is 0 Å². The van der Waals surface area contributed by atoms with Gasteiger partial charge in [-0.15, -0.1) is 0 Å². The van der Waals surface area contributed by atoms with Crippen molar-refractivity contribution in [1.29, 1.82) is 0 Å². The zero-order valence-corrected chi connectivity index (χ0v) is 11.8. The molecule has 3 aromatic rings. The van der Waals surface area contributed by atoms with E-state index in [-0.39, 0.29) is 6.61 Å². The molecule has 102 valence electrons. The van der Waals surface area contributed by atoms with Crippen molar-refractivity contribution >= 4 is 5.65 Å². The number of aliphatic hydroxyl groups is 1. The Kier molecular flexibility index (Phi) is 3.28. The molecule has 0 saturated heterocycles. The van der Waals surface area contributed by atoms with Gasteiger partial charge in [0.15, 0.2) is 0 Å². The summed E-state index contributed by atoms with van der Waals surface area (Å²) in [7, 11) is 0. The van der Waals surface area contributed by atoms with Crippen LogP contribution in [-0.2, 0) is 13.0 Å². The van der Waals surface area contributed by atoms with E-state index in [4.69, 9.17) is 0 Å². The van der Waals surface area contributed by atoms with Gasteiger partial charge in [0.1, 0.15) is 5.65 Å². The standard InChI is InChI=1S/C17H18N2O/c1-12-4-3-5-14(8-12)9-15-16(11-20)19-10-13(2)6-7-17(19)18-15/h3-8,10,20H,9,11H2,1-2H3. The van der Waals surface area contributed by atoms with Crippen molar-refractivity contribution in [3.8, 4) is 0 Å². The van der Waals surface area contributed by atoms with E-state index in [1.807, 2.05) is 29.7 Å². The van der Waals surface area contributed by atoms with Crippen LogP contribution in [0, 0.1) is 13.8 Å². The summed E-state index contributed by atoms with van der Waals surface area (Å²) in [5, 5.41) is 9.67. The molecule has 0 atom stereocenters. The number of aromatic nitrogens is 2. The smallest absolute Gasteiger partial charge is 0.137 e. The fourth-order valence-electron chi connectivity index (χ4n) is 2.57. The number of nitrogens with zero attached hydrogens (tertiary/aromatic N) is 2. The highest BCUT2D eigenvalue weighted by atomic mass is 16.3. The average Bonchev–Trinajstić information content (AvgIpc) is 2.75. The van der Waals surface area contributed by atoms with Crippen molar-refractivity contribution in [2.75, 3.05) is 0 Å². The maximum atomic E-state index is 9.67. The van der Waals surface area contributed by atoms with E-state index in [1.54, 1.807) is 0 Å². The molecule has 1 N–H and O–H groups in total. The summed E-state index contributed by atoms with van der Waals surface area (Å²) in [6.45, 7) is 4.13. The van der Waals surface area contributed by atoms with Crippen molar-refractivity contribution in [1.82, 2.24) is 9.38 Å². The number of rotatable bonds is 3. The number of imidazole rings is 1. The Labute approximate surface area is 118 Å². The van der Waals surface area contributed by atoms with E-state index >= 15 is 0 Å². The summed E-state index contributed by atoms with van der Waals surface area (Å²) in [6.07, 6.45) is 2.77. The maximum absolute atomic E-state index is 9.67. The molecule has 1 aromatic carbocycles. The zero-order chi connectivity index (χ0) is 14.1. The van der Waals surface area contributed by atoms with Crippen LogP contribution < -0.4 is 0 Å². The highest BCUT2D eigenvalue weighted by Crippen LogP contribution is 2.18. The van der Waals surface area contributed by atoms with Crippen LogP contribution in [0.25, 0.3) is 5.65 Å². The molecule has 3 heteroatoms. The highest BCUT2D eigenvalue weighted by Gasteiger charge is 2.11. The quantitative estimate of drug-likeness (QED) is 0.791. The van der Waals surface area contributed by atoms with Gasteiger partial charge < -0.3 is 9.51 Å². The van der Waals surface area contributed by atoms with E-state index in [1.165, 1.54) is 11.1 Å². The number of hydrogen-bond donors (Lipinski definition) is 1. The molecule has 0 aliphatic rings. The molecule has 0 aliphatic heterocycles. The molecular weight excluding hydrogens is 248 g/mol. The van der Waals surface area contributed by atoms with Crippen molar-refractivity contribution < 1.29 is 5.11 Å². The largest absolute Gasteiger partial charge is 0.390 e. The summed E-state index contributed by atoms with van der Waals surface area (Å²) in [6, 6.07) is 12.4. The van der Waals surface area contributed by atoms with Crippen LogP contribution in [0.5, 0.6) is 0 Å². The second-order valence-corrected chi connectivity index (χ2v) is 5.26. The first-order chi connectivity index (χ1) is 9.67. The fraction of sp³-hybridized carbons (Fsp3) is 0.235. The van der Waals surface area contributed by atoms with Gasteiger partial charge in [-0.05, 0) is 31.0 Å². The Balaban J connectivity index is 2.07. The molecule has 0 saturated carbocycles. The van der Waals surface area contributed by atoms with E-state index in [2.05, 4.69) is 36.2 Å². The first kappa shape index (κ1) is 12.9. The van der Waals surface area contributed by atoms with Crippen LogP contribution in [0.4, 0.5) is 0 Å². The molecule has 3 rings (SSSR count). The molecule has 0 fully saturated rings. The first-order valence-corrected chi connectivity index (χ1v) is 6.80. The normalized spacial score (nSPS) is 11.2. The monoisotopic (exact) mass is 266 g/mol. The predicted octanol–water partition coefficient (Wildman–Crippen LogP) is 3.03. The van der Waals surface area contributed by atoms with E-state index in [0.29, 0.717) is 0 Å². The van der Waals surface area contributed by atoms with Gasteiger partial charge in [0.05, 0.1) is 18.0 Å². The SMILES string of the molecule is Cc1cccc(Cc2nc3ccc(C)cn3c2CO)c1. The number of aryl methyl sites for hydroxylation is 2. The van der Waals surface area contributed by atoms with Gasteiger partial charge in [-0.1, -0.05) is 35.9 Å². The van der Waals surface area contributed by atoms with Crippen LogP contribution >= 0.6 is 0 Å². The maximum Gasteiger partial charge on any atom is 0.137 e. The van der Waals surface area contributed by atoms with Crippen LogP contribution in [0.3, 0.4) is 0 Å². The van der Waals surface area contributed by atoms with Crippen molar-refractivity contribution in [3.63, 3.8) is 0 Å². The molecule has 20 heavy (non-hydrogen) atoms. The zero-order valence-electron chi connectivity index (χ0n) is 11.8. The second-order valence-electron chi connectivity index (χ2n) is 5.26. The summed E-state index contributed by atoms with van der Waals surface area (Å²) < 4.78 is 1.99. The Morgan fingerprint density at radius 2 is 1.95 bits per heavy atom. The summed E-state index contributed by atoms with van der Waals surface area (Å²) in [4.78, 5) is 4.65. The van der Waals surface area contributed by atoms with E-state index < -0.39 is 0 Å². The Morgan fingerprint density at radius 1 is 1.10 bits per heavy atom. The number of hydrogen-bond acceptors (Lipinski definition) is 2. The first-order valence-electron chi connectivity index (χ1n) is 6.80. The van der Waals surface area contributed by atoms with Crippen molar-refractivity contribution in [2.24, 2.45) is 0 Å². The van der Waals surface area contributed by atoms with Gasteiger partial charge in [-0.25, -0.2) is 4.98 Å². The molecule has 0 bridgehead atoms. The molecular formula is C17H18N2O. The minimum atomic E-state index is 0.00572. The number of fused-ring (bicyclic) bond motifs is 1. The topological polar surface area (TPSA) is 37.5 Å². The minimum absolute atomic E-state index is 0.00572. The predicted molar refractivity (Wildman–Crippen MR) is 79.8 cm³/mol. The second kappa shape index (κ2) is 5.10. The minimum Gasteiger partial charge on any atom is -0.390 e. The Morgan fingerprint density at radius 3 is 2.70 bits per heavy atom. The van der Waals surface area contributed by atoms with Gasteiger partial charge in [0.2, 0.25) is 0 Å². The lowest BCUT2D eigenvalue weighted by Crippen LogP contribution is -1.98. The number of pyridine rings is 1. The molecule has 0 spiro atoms. The molecule has 0 amide bonds. The summed E-state index contributed by atoms with van der Waals surface area (Å²) >= 11 is 0. The van der Waals surface area contributed by atoms with Crippen LogP contribution in [0.2, 0.25) is 0 Å². The highest BCUT2D eigenvalue weighted by molar-refractivity contribution is 5.45. The van der Waals surface area contributed by atoms with Crippen LogP contribution in [0.15, 0.2) is 42.6 Å². The van der Waals surface area contributed by atoms with Gasteiger partial charge in [-0.2, -0.15) is 0 Å². The average molecular weight is 266 g/mol. The summed E-state index contributed by atoms with van der Waals surface area (Å²) in [5.74, 6) is 0. The number of aliphatic hydroxyl groups excluding tert-OH is 1. The molecule has 0 radical (unpaired) electrons. The Hall–Kier alpha value is -2.13. The van der Waals surface area contributed by atoms with Crippen molar-refractivity contribution in [3.05, 3.63) is 70.7 Å². The molecule has 3 nitrogen and oxygen atoms in total. The lowest BCUT2D eigenvalue weighted by atomic mass is 10.1. The van der Waals surface area contributed by atoms with Crippen LogP contribution in [-0.4, -0.2) is 14.5 Å². The third kappa shape index (κ3) is 2.32. The number of benzene rings is 1. The van der Waals surface area contributed by atoms with Gasteiger partial charge in [-0.3, -0.25) is 0 Å². The van der Waals surface area contributed by atoms with Crippen LogP contribution in [0.1, 0.15) is 28.1 Å². The van der Waals surface area contributed by atoms with E-state index in [0.717, 1.165) is 29.0 Å². The fourth-order valence-corrected chi connectivity index (χ4v) is 2.57. The molecule has 0 aliphatic carbocycles. The summed E-state index contributed by atoms with van der Waals surface area (Å²) in [5.41, 5.74) is 6.34. The molecule has 2 heterocycles. The lowest BCUT2D eigenvalue weighted by Gasteiger charge is -2.03. The van der Waals surface area contributed by atoms with E-state index in [9.17, 15) is 5.11 Å². The van der Waals surface area contributed by atoms with Gasteiger partial charge in [0, 0.05) is 12.6 Å². The third-order valence-electron chi connectivity index (χ3n) is 3.55. The lowest BCUT2D eigenvalue weighted by molar-refractivity contribution is 0.274. The molecule has 0 unspecified atom stereocenters. The van der Waals surface area contributed by atoms with Gasteiger partial charge in [0.25, 0.3) is 0 Å². The molecule has 2 aromatic heterocycles.